The van der Waals surface area contributed by atoms with E-state index in [0.29, 0.717) is 21.3 Å². The molecule has 0 saturated carbocycles. The van der Waals surface area contributed by atoms with Gasteiger partial charge in [0.05, 0.1) is 21.9 Å². The van der Waals surface area contributed by atoms with Crippen LogP contribution in [0.1, 0.15) is 5.56 Å². The third kappa shape index (κ3) is 4.58. The van der Waals surface area contributed by atoms with Gasteiger partial charge in [0.25, 0.3) is 0 Å². The van der Waals surface area contributed by atoms with Crippen molar-refractivity contribution in [2.75, 3.05) is 5.43 Å². The number of alkyl halides is 2. The van der Waals surface area contributed by atoms with Gasteiger partial charge >= 0.3 is 6.61 Å². The molecule has 21 heavy (non-hydrogen) atoms. The Balaban J connectivity index is 2.09. The molecule has 0 aliphatic carbocycles. The number of nitrogens with zero attached hydrogens (tertiary/aromatic N) is 1. The first kappa shape index (κ1) is 15.5. The van der Waals surface area contributed by atoms with Crippen molar-refractivity contribution in [1.82, 2.24) is 0 Å². The SMILES string of the molecule is FC(F)Oc1ccccc1C=NNc1ccc(Cl)c(Cl)c1. The molecule has 0 amide bonds. The molecule has 3 nitrogen and oxygen atoms in total. The quantitative estimate of drug-likeness (QED) is 0.615. The van der Waals surface area contributed by atoms with Crippen molar-refractivity contribution in [2.24, 2.45) is 5.10 Å². The monoisotopic (exact) mass is 330 g/mol. The average Bonchev–Trinajstić information content (AvgIpc) is 2.44. The third-order valence-electron chi connectivity index (χ3n) is 2.45. The molecular weight excluding hydrogens is 321 g/mol. The zero-order valence-electron chi connectivity index (χ0n) is 10.6. The van der Waals surface area contributed by atoms with Gasteiger partial charge in [0, 0.05) is 5.56 Å². The van der Waals surface area contributed by atoms with Gasteiger partial charge in [-0.3, -0.25) is 5.43 Å². The van der Waals surface area contributed by atoms with Gasteiger partial charge in [-0.1, -0.05) is 35.3 Å². The first-order chi connectivity index (χ1) is 10.1. The van der Waals surface area contributed by atoms with Crippen LogP contribution in [0, 0.1) is 0 Å². The van der Waals surface area contributed by atoms with Crippen molar-refractivity contribution in [3.8, 4) is 5.75 Å². The molecule has 0 radical (unpaired) electrons. The zero-order chi connectivity index (χ0) is 15.2. The fourth-order valence-electron chi connectivity index (χ4n) is 1.53. The van der Waals surface area contributed by atoms with Crippen molar-refractivity contribution in [2.45, 2.75) is 6.61 Å². The Morgan fingerprint density at radius 3 is 2.57 bits per heavy atom. The lowest BCUT2D eigenvalue weighted by atomic mass is 10.2. The van der Waals surface area contributed by atoms with Crippen LogP contribution in [0.2, 0.25) is 10.0 Å². The number of rotatable bonds is 5. The molecule has 1 N–H and O–H groups in total. The van der Waals surface area contributed by atoms with E-state index in [9.17, 15) is 8.78 Å². The van der Waals surface area contributed by atoms with Crippen molar-refractivity contribution in [3.63, 3.8) is 0 Å². The summed E-state index contributed by atoms with van der Waals surface area (Å²) in [5.41, 5.74) is 3.77. The van der Waals surface area contributed by atoms with E-state index in [0.717, 1.165) is 0 Å². The third-order valence-corrected chi connectivity index (χ3v) is 3.19. The van der Waals surface area contributed by atoms with E-state index in [1.807, 2.05) is 0 Å². The molecule has 7 heteroatoms. The Labute approximate surface area is 130 Å². The van der Waals surface area contributed by atoms with Crippen molar-refractivity contribution < 1.29 is 13.5 Å². The van der Waals surface area contributed by atoms with Crippen LogP contribution in [0.25, 0.3) is 0 Å². The highest BCUT2D eigenvalue weighted by atomic mass is 35.5. The highest BCUT2D eigenvalue weighted by Gasteiger charge is 2.07. The van der Waals surface area contributed by atoms with Crippen LogP contribution in [0.3, 0.4) is 0 Å². The minimum absolute atomic E-state index is 0.0483. The summed E-state index contributed by atoms with van der Waals surface area (Å²) in [5, 5.41) is 4.77. The van der Waals surface area contributed by atoms with Crippen LogP contribution in [0.15, 0.2) is 47.6 Å². The number of hydrogen-bond donors (Lipinski definition) is 1. The van der Waals surface area contributed by atoms with E-state index in [1.165, 1.54) is 12.3 Å². The van der Waals surface area contributed by atoms with E-state index in [1.54, 1.807) is 36.4 Å². The summed E-state index contributed by atoms with van der Waals surface area (Å²) in [4.78, 5) is 0. The molecule has 0 atom stereocenters. The summed E-state index contributed by atoms with van der Waals surface area (Å²) >= 11 is 11.7. The smallest absolute Gasteiger partial charge is 0.387 e. The minimum Gasteiger partial charge on any atom is -0.434 e. The number of halogens is 4. The summed E-state index contributed by atoms with van der Waals surface area (Å²) < 4.78 is 28.9. The fourth-order valence-corrected chi connectivity index (χ4v) is 1.83. The number of ether oxygens (including phenoxy) is 1. The van der Waals surface area contributed by atoms with Gasteiger partial charge in [-0.2, -0.15) is 13.9 Å². The van der Waals surface area contributed by atoms with E-state index in [-0.39, 0.29) is 5.75 Å². The second-order valence-electron chi connectivity index (χ2n) is 3.92. The normalized spacial score (nSPS) is 11.1. The van der Waals surface area contributed by atoms with Crippen LogP contribution in [-0.2, 0) is 0 Å². The van der Waals surface area contributed by atoms with Gasteiger partial charge in [0.1, 0.15) is 5.75 Å². The molecule has 0 unspecified atom stereocenters. The standard InChI is InChI=1S/C14H10Cl2F2N2O/c15-11-6-5-10(7-12(11)16)20-19-8-9-3-1-2-4-13(9)21-14(17)18/h1-8,14,20H. The first-order valence-electron chi connectivity index (χ1n) is 5.84. The van der Waals surface area contributed by atoms with Crippen LogP contribution in [0.5, 0.6) is 5.75 Å². The first-order valence-corrected chi connectivity index (χ1v) is 6.60. The Bertz CT molecular complexity index is 651. The Morgan fingerprint density at radius 1 is 1.10 bits per heavy atom. The number of para-hydroxylation sites is 1. The number of hydrogen-bond acceptors (Lipinski definition) is 3. The zero-order valence-corrected chi connectivity index (χ0v) is 12.1. The summed E-state index contributed by atoms with van der Waals surface area (Å²) in [5.74, 6) is 0.0483. The molecular formula is C14H10Cl2F2N2O. The van der Waals surface area contributed by atoms with E-state index in [2.05, 4.69) is 15.3 Å². The predicted molar refractivity (Wildman–Crippen MR) is 80.8 cm³/mol. The molecule has 2 rings (SSSR count). The molecule has 2 aromatic carbocycles. The molecule has 110 valence electrons. The number of hydrazone groups is 1. The highest BCUT2D eigenvalue weighted by Crippen LogP contribution is 2.25. The van der Waals surface area contributed by atoms with E-state index >= 15 is 0 Å². The maximum absolute atomic E-state index is 12.3. The van der Waals surface area contributed by atoms with Gasteiger partial charge in [0.2, 0.25) is 0 Å². The largest absolute Gasteiger partial charge is 0.434 e. The molecule has 0 spiro atoms. The molecule has 0 saturated heterocycles. The maximum atomic E-state index is 12.3. The fraction of sp³-hybridized carbons (Fsp3) is 0.0714. The molecule has 0 aromatic heterocycles. The van der Waals surface area contributed by atoms with Crippen molar-refractivity contribution in [1.29, 1.82) is 0 Å². The summed E-state index contributed by atoms with van der Waals surface area (Å²) in [7, 11) is 0. The number of benzene rings is 2. The molecule has 2 aromatic rings. The second kappa shape index (κ2) is 7.24. The van der Waals surface area contributed by atoms with Gasteiger partial charge in [-0.05, 0) is 30.3 Å². The lowest BCUT2D eigenvalue weighted by Crippen LogP contribution is -2.04. The van der Waals surface area contributed by atoms with Crippen LogP contribution in [0.4, 0.5) is 14.5 Å². The topological polar surface area (TPSA) is 33.6 Å². The van der Waals surface area contributed by atoms with Crippen molar-refractivity contribution in [3.05, 3.63) is 58.1 Å². The van der Waals surface area contributed by atoms with Gasteiger partial charge in [-0.25, -0.2) is 0 Å². The Kier molecular flexibility index (Phi) is 5.36. The van der Waals surface area contributed by atoms with Gasteiger partial charge in [-0.15, -0.1) is 0 Å². The second-order valence-corrected chi connectivity index (χ2v) is 4.73. The van der Waals surface area contributed by atoms with Crippen LogP contribution >= 0.6 is 23.2 Å². The summed E-state index contributed by atoms with van der Waals surface area (Å²) in [6, 6.07) is 11.2. The minimum atomic E-state index is -2.89. The molecule has 0 bridgehead atoms. The lowest BCUT2D eigenvalue weighted by Gasteiger charge is -2.07. The van der Waals surface area contributed by atoms with Gasteiger partial charge in [0.15, 0.2) is 0 Å². The molecule has 0 aliphatic heterocycles. The van der Waals surface area contributed by atoms with E-state index in [4.69, 9.17) is 23.2 Å². The Morgan fingerprint density at radius 2 is 1.86 bits per heavy atom. The molecule has 0 heterocycles. The Hall–Kier alpha value is -1.85. The molecule has 0 aliphatic rings. The number of nitrogens with one attached hydrogen (secondary N) is 1. The summed E-state index contributed by atoms with van der Waals surface area (Å²) in [6.45, 7) is -2.89. The average molecular weight is 331 g/mol. The maximum Gasteiger partial charge on any atom is 0.387 e. The van der Waals surface area contributed by atoms with Crippen molar-refractivity contribution >= 4 is 35.1 Å². The van der Waals surface area contributed by atoms with E-state index < -0.39 is 6.61 Å². The van der Waals surface area contributed by atoms with Gasteiger partial charge < -0.3 is 4.74 Å². The highest BCUT2D eigenvalue weighted by molar-refractivity contribution is 6.42. The van der Waals surface area contributed by atoms with Crippen LogP contribution in [-0.4, -0.2) is 12.8 Å². The number of anilines is 1. The predicted octanol–water partition coefficient (Wildman–Crippen LogP) is 5.04. The summed E-state index contributed by atoms with van der Waals surface area (Å²) in [6.07, 6.45) is 1.38. The molecule has 0 fully saturated rings. The van der Waals surface area contributed by atoms with Crippen LogP contribution < -0.4 is 10.2 Å². The lowest BCUT2D eigenvalue weighted by molar-refractivity contribution is -0.0499.